The zero-order chi connectivity index (χ0) is 33.6. The van der Waals surface area contributed by atoms with Crippen LogP contribution in [0.15, 0.2) is 52.2 Å². The van der Waals surface area contributed by atoms with E-state index in [0.717, 1.165) is 45.7 Å². The maximum atomic E-state index is 8.56. The second-order valence-electron chi connectivity index (χ2n) is 8.60. The maximum absolute atomic E-state index is 8.56. The maximum Gasteiger partial charge on any atom is 0.226 e. The average Bonchev–Trinajstić information content (AvgIpc) is 3.43. The molecule has 0 saturated heterocycles. The zero-order valence-corrected chi connectivity index (χ0v) is 29.8. The van der Waals surface area contributed by atoms with Crippen LogP contribution in [0.25, 0.3) is 22.4 Å². The number of ether oxygens (including phenoxy) is 2. The summed E-state index contributed by atoms with van der Waals surface area (Å²) in [7, 11) is 7.48. The van der Waals surface area contributed by atoms with E-state index in [1.54, 1.807) is 27.6 Å². The van der Waals surface area contributed by atoms with Crippen LogP contribution >= 0.6 is 9.24 Å². The van der Waals surface area contributed by atoms with Crippen molar-refractivity contribution in [3.63, 3.8) is 0 Å². The molecule has 0 aliphatic rings. The normalized spacial score (nSPS) is 10.7. The van der Waals surface area contributed by atoms with Gasteiger partial charge in [0.05, 0.1) is 37.3 Å². The van der Waals surface area contributed by atoms with E-state index < -0.39 is 0 Å². The number of aliphatic imine (C=N–C) groups is 1. The van der Waals surface area contributed by atoms with Crippen LogP contribution < -0.4 is 26.5 Å². The summed E-state index contributed by atoms with van der Waals surface area (Å²) in [5.41, 5.74) is 8.30. The van der Waals surface area contributed by atoms with E-state index in [2.05, 4.69) is 53.4 Å². The van der Waals surface area contributed by atoms with E-state index in [1.165, 1.54) is 6.42 Å². The van der Waals surface area contributed by atoms with Gasteiger partial charge >= 0.3 is 0 Å². The largest absolute Gasteiger partial charge is 0.494 e. The van der Waals surface area contributed by atoms with E-state index in [1.807, 2.05) is 85.0 Å². The number of aryl methyl sites for hydroxylation is 1. The Morgan fingerprint density at radius 3 is 2.19 bits per heavy atom. The van der Waals surface area contributed by atoms with Gasteiger partial charge in [-0.15, -0.1) is 0 Å². The lowest BCUT2D eigenvalue weighted by molar-refractivity contribution is 0.246. The first-order valence-corrected chi connectivity index (χ1v) is 15.2. The van der Waals surface area contributed by atoms with Gasteiger partial charge in [0.2, 0.25) is 5.89 Å². The summed E-state index contributed by atoms with van der Waals surface area (Å²) in [6.07, 6.45) is 6.64. The van der Waals surface area contributed by atoms with Gasteiger partial charge in [0.1, 0.15) is 17.5 Å². The molecule has 1 unspecified atom stereocenters. The second kappa shape index (κ2) is 30.6. The number of aliphatic hydroxyl groups is 1. The molecule has 0 bridgehead atoms. The van der Waals surface area contributed by atoms with Crippen molar-refractivity contribution in [2.45, 2.75) is 74.8 Å². The molecule has 0 amide bonds. The third-order valence-corrected chi connectivity index (χ3v) is 4.73. The summed E-state index contributed by atoms with van der Waals surface area (Å²) in [4.78, 5) is 13.1. The van der Waals surface area contributed by atoms with E-state index in [9.17, 15) is 0 Å². The number of oxazole rings is 1. The number of hydrogen-bond donors (Lipinski definition) is 4. The molecule has 1 aromatic carbocycles. The standard InChI is InChI=1S/C14H13N2O2P.C9H19N3O.C3H8.C2H7N.C2H6O.C2H6/c1-8-7-18-14(15-8)10-3-5-11(17-2)13-9(10)4-6-12(19)16-13;1-4-5-10-9(3)11-6-8(2)12-7-13;1-3-2;1-2-3;1-3-2;1-2/h3-7H,19H2,1-2H3;4-5,8,12-13H,6-7H2,1-3H3,(H,10,11);3H2,1-2H3;2-3H2,1H3;1-2H3;1-2H3/b;5-4-;;;;/t;8-;;;;/m.0..../s1. The van der Waals surface area contributed by atoms with Crippen molar-refractivity contribution in [2.75, 3.05) is 41.1 Å². The van der Waals surface area contributed by atoms with Gasteiger partial charge in [-0.3, -0.25) is 10.3 Å². The number of hydrogen-bond acceptors (Lipinski definition) is 9. The lowest BCUT2D eigenvalue weighted by atomic mass is 10.1. The smallest absolute Gasteiger partial charge is 0.226 e. The first kappa shape index (κ1) is 44.6. The Hall–Kier alpha value is -2.88. The second-order valence-corrected chi connectivity index (χ2v) is 9.19. The lowest BCUT2D eigenvalue weighted by Gasteiger charge is -2.08. The van der Waals surface area contributed by atoms with Crippen molar-refractivity contribution in [3.05, 3.63) is 48.5 Å². The van der Waals surface area contributed by atoms with Crippen LogP contribution in [0.1, 0.15) is 67.5 Å². The summed E-state index contributed by atoms with van der Waals surface area (Å²) in [6, 6.07) is 7.96. The van der Waals surface area contributed by atoms with Crippen LogP contribution in [0.3, 0.4) is 0 Å². The molecule has 246 valence electrons. The highest BCUT2D eigenvalue weighted by atomic mass is 31.0. The number of nitrogens with zero attached hydrogens (tertiary/aromatic N) is 3. The minimum atomic E-state index is -0.00196. The summed E-state index contributed by atoms with van der Waals surface area (Å²) < 4.78 is 15.1. The Kier molecular flexibility index (Phi) is 31.7. The van der Waals surface area contributed by atoms with Crippen LogP contribution in [0, 0.1) is 6.92 Å². The zero-order valence-electron chi connectivity index (χ0n) is 28.6. The van der Waals surface area contributed by atoms with Crippen LogP contribution in [-0.4, -0.2) is 68.1 Å². The molecule has 5 N–H and O–H groups in total. The number of nitrogens with two attached hydrogens (primary N) is 1. The number of aromatic nitrogens is 2. The molecule has 0 spiro atoms. The first-order valence-electron chi connectivity index (χ1n) is 14.6. The molecule has 0 aliphatic heterocycles. The minimum absolute atomic E-state index is 0.00196. The number of allylic oxidation sites excluding steroid dienone is 1. The Labute approximate surface area is 263 Å². The fraction of sp³-hybridized carbons (Fsp3) is 0.531. The number of nitrogens with one attached hydrogen (secondary N) is 2. The third-order valence-electron chi connectivity index (χ3n) is 4.41. The van der Waals surface area contributed by atoms with E-state index >= 15 is 0 Å². The summed E-state index contributed by atoms with van der Waals surface area (Å²) in [5.74, 6) is 2.22. The van der Waals surface area contributed by atoms with Crippen LogP contribution in [0.4, 0.5) is 0 Å². The van der Waals surface area contributed by atoms with Crippen LogP contribution in [0.2, 0.25) is 0 Å². The van der Waals surface area contributed by atoms with Crippen molar-refractivity contribution in [1.29, 1.82) is 0 Å². The number of amidine groups is 1. The van der Waals surface area contributed by atoms with Crippen LogP contribution in [-0.2, 0) is 4.74 Å². The van der Waals surface area contributed by atoms with Gasteiger partial charge in [0, 0.05) is 31.2 Å². The minimum Gasteiger partial charge on any atom is -0.494 e. The Morgan fingerprint density at radius 1 is 1.14 bits per heavy atom. The predicted octanol–water partition coefficient (Wildman–Crippen LogP) is 5.83. The molecule has 0 radical (unpaired) electrons. The highest BCUT2D eigenvalue weighted by molar-refractivity contribution is 7.26. The molecule has 3 aromatic rings. The van der Waals surface area contributed by atoms with Gasteiger partial charge in [-0.25, -0.2) is 9.97 Å². The molecule has 10 nitrogen and oxygen atoms in total. The monoisotopic (exact) mass is 622 g/mol. The highest BCUT2D eigenvalue weighted by Crippen LogP contribution is 2.32. The van der Waals surface area contributed by atoms with E-state index in [4.69, 9.17) is 20.0 Å². The number of aliphatic hydroxyl groups excluding tert-OH is 1. The number of methoxy groups -OCH3 is 2. The molecule has 2 heterocycles. The molecule has 43 heavy (non-hydrogen) atoms. The number of fused-ring (bicyclic) bond motifs is 1. The Balaban J connectivity index is -0.000000580. The fourth-order valence-corrected chi connectivity index (χ4v) is 3.01. The first-order chi connectivity index (χ1) is 20.6. The van der Waals surface area contributed by atoms with Gasteiger partial charge < -0.3 is 30.0 Å². The molecule has 0 saturated carbocycles. The van der Waals surface area contributed by atoms with Crippen molar-refractivity contribution in [3.8, 4) is 17.2 Å². The fourth-order valence-electron chi connectivity index (χ4n) is 2.78. The summed E-state index contributed by atoms with van der Waals surface area (Å²) in [5, 5.41) is 15.4. The number of rotatable bonds is 7. The molecule has 2 atom stereocenters. The van der Waals surface area contributed by atoms with E-state index in [0.29, 0.717) is 12.4 Å². The molecule has 0 fully saturated rings. The summed E-state index contributed by atoms with van der Waals surface area (Å²) in [6.45, 7) is 19.3. The molecular weight excluding hydrogens is 563 g/mol. The molecule has 3 rings (SSSR count). The Morgan fingerprint density at radius 2 is 1.72 bits per heavy atom. The van der Waals surface area contributed by atoms with Gasteiger partial charge in [-0.05, 0) is 64.7 Å². The van der Waals surface area contributed by atoms with Crippen molar-refractivity contribution < 1.29 is 19.0 Å². The quantitative estimate of drug-likeness (QED) is 0.111. The lowest BCUT2D eigenvalue weighted by Crippen LogP contribution is -2.30. The highest BCUT2D eigenvalue weighted by Gasteiger charge is 2.13. The third kappa shape index (κ3) is 21.5. The van der Waals surface area contributed by atoms with Gasteiger partial charge in [0.25, 0.3) is 0 Å². The number of benzene rings is 1. The topological polar surface area (TPSA) is 140 Å². The van der Waals surface area contributed by atoms with Crippen molar-refractivity contribution in [1.82, 2.24) is 20.6 Å². The summed E-state index contributed by atoms with van der Waals surface area (Å²) >= 11 is 0. The number of pyridine rings is 1. The van der Waals surface area contributed by atoms with Gasteiger partial charge in [0.15, 0.2) is 0 Å². The Bertz CT molecular complexity index is 1120. The van der Waals surface area contributed by atoms with Crippen LogP contribution in [0.5, 0.6) is 5.75 Å². The SMILES string of the molecule is C/C=C\NC(C)=NC[C@H](C)NCO.CC.CCC.CCN.COC.COc1ccc(-c2nc(C)co2)c2ccc(P)nc12. The average molecular weight is 623 g/mol. The van der Waals surface area contributed by atoms with Gasteiger partial charge in [-0.1, -0.05) is 56.4 Å². The molecule has 0 aliphatic carbocycles. The van der Waals surface area contributed by atoms with Crippen molar-refractivity contribution in [2.24, 2.45) is 10.7 Å². The van der Waals surface area contributed by atoms with Crippen molar-refractivity contribution >= 4 is 31.4 Å². The van der Waals surface area contributed by atoms with E-state index in [-0.39, 0.29) is 12.8 Å². The van der Waals surface area contributed by atoms with Gasteiger partial charge in [-0.2, -0.15) is 0 Å². The molecular formula is C32H59N6O4P. The molecule has 11 heteroatoms. The predicted molar refractivity (Wildman–Crippen MR) is 188 cm³/mol. The molecule has 2 aromatic heterocycles.